The molecule has 4 nitrogen and oxygen atoms in total. The van der Waals surface area contributed by atoms with Crippen molar-refractivity contribution in [3.05, 3.63) is 33.3 Å². The van der Waals surface area contributed by atoms with E-state index < -0.39 is 0 Å². The molecule has 0 radical (unpaired) electrons. The molecular weight excluding hydrogens is 284 g/mol. The van der Waals surface area contributed by atoms with Crippen molar-refractivity contribution >= 4 is 28.1 Å². The molecule has 0 amide bonds. The van der Waals surface area contributed by atoms with Crippen molar-refractivity contribution in [1.29, 1.82) is 0 Å². The summed E-state index contributed by atoms with van der Waals surface area (Å²) in [6.07, 6.45) is 0.692. The first-order valence-electron chi connectivity index (χ1n) is 5.67. The van der Waals surface area contributed by atoms with Crippen LogP contribution >= 0.6 is 22.9 Å². The summed E-state index contributed by atoms with van der Waals surface area (Å²) in [5, 5.41) is 1.11. The van der Waals surface area contributed by atoms with Gasteiger partial charge in [-0.15, -0.1) is 11.3 Å². The molecule has 1 aromatic carbocycles. The molecule has 0 fully saturated rings. The lowest BCUT2D eigenvalue weighted by atomic mass is 10.1. The molecule has 0 unspecified atom stereocenters. The number of methoxy groups -OCH3 is 2. The fraction of sp³-hybridized carbons (Fsp3) is 0.308. The maximum atomic E-state index is 6.08. The van der Waals surface area contributed by atoms with E-state index in [2.05, 4.69) is 4.98 Å². The Bertz CT molecular complexity index is 599. The second kappa shape index (κ2) is 5.67. The van der Waals surface area contributed by atoms with Crippen LogP contribution in [0.2, 0.25) is 5.02 Å². The standard InChI is InChI=1S/C13H15ClN2O2S/c1-7-12(19-13(15)16-7)5-8-4-11(18-3)9(14)6-10(8)17-2/h4,6H,5H2,1-3H3,(H2,15,16). The average Bonchev–Trinajstić information content (AvgIpc) is 2.69. The number of rotatable bonds is 4. The summed E-state index contributed by atoms with van der Waals surface area (Å²) < 4.78 is 10.6. The van der Waals surface area contributed by atoms with E-state index in [1.165, 1.54) is 11.3 Å². The number of hydrogen-bond acceptors (Lipinski definition) is 5. The Morgan fingerprint density at radius 3 is 2.47 bits per heavy atom. The minimum Gasteiger partial charge on any atom is -0.496 e. The normalized spacial score (nSPS) is 10.5. The molecule has 0 aliphatic rings. The molecule has 2 N–H and O–H groups in total. The van der Waals surface area contributed by atoms with Crippen LogP contribution in [0.1, 0.15) is 16.1 Å². The van der Waals surface area contributed by atoms with Gasteiger partial charge in [0.2, 0.25) is 0 Å². The Morgan fingerprint density at radius 1 is 1.26 bits per heavy atom. The summed E-state index contributed by atoms with van der Waals surface area (Å²) in [6.45, 7) is 1.95. The van der Waals surface area contributed by atoms with Crippen molar-refractivity contribution in [1.82, 2.24) is 4.98 Å². The zero-order chi connectivity index (χ0) is 14.0. The minimum absolute atomic E-state index is 0.531. The first-order chi connectivity index (χ1) is 9.05. The second-order valence-corrected chi connectivity index (χ2v) is 5.56. The highest BCUT2D eigenvalue weighted by atomic mass is 35.5. The zero-order valence-electron chi connectivity index (χ0n) is 11.0. The summed E-state index contributed by atoms with van der Waals surface area (Å²) in [7, 11) is 3.21. The second-order valence-electron chi connectivity index (χ2n) is 4.04. The van der Waals surface area contributed by atoms with Crippen LogP contribution in [0.5, 0.6) is 11.5 Å². The van der Waals surface area contributed by atoms with Gasteiger partial charge in [0.1, 0.15) is 11.5 Å². The van der Waals surface area contributed by atoms with Gasteiger partial charge in [0.05, 0.1) is 24.9 Å². The SMILES string of the molecule is COc1cc(Cc2sc(N)nc2C)c(OC)cc1Cl. The third kappa shape index (κ3) is 2.93. The molecule has 0 saturated carbocycles. The van der Waals surface area contributed by atoms with Crippen molar-refractivity contribution in [2.24, 2.45) is 0 Å². The van der Waals surface area contributed by atoms with Crippen molar-refractivity contribution in [3.63, 3.8) is 0 Å². The quantitative estimate of drug-likeness (QED) is 0.941. The van der Waals surface area contributed by atoms with Crippen LogP contribution < -0.4 is 15.2 Å². The smallest absolute Gasteiger partial charge is 0.180 e. The predicted octanol–water partition coefficient (Wildman–Crippen LogP) is 3.30. The number of benzene rings is 1. The Labute approximate surface area is 121 Å². The maximum Gasteiger partial charge on any atom is 0.180 e. The van der Waals surface area contributed by atoms with E-state index in [1.54, 1.807) is 20.3 Å². The maximum absolute atomic E-state index is 6.08. The predicted molar refractivity (Wildman–Crippen MR) is 78.6 cm³/mol. The number of hydrogen-bond donors (Lipinski definition) is 1. The van der Waals surface area contributed by atoms with E-state index >= 15 is 0 Å². The van der Waals surface area contributed by atoms with E-state index in [4.69, 9.17) is 26.8 Å². The van der Waals surface area contributed by atoms with Gasteiger partial charge in [-0.25, -0.2) is 4.98 Å². The van der Waals surface area contributed by atoms with Gasteiger partial charge in [-0.2, -0.15) is 0 Å². The van der Waals surface area contributed by atoms with E-state index in [9.17, 15) is 0 Å². The van der Waals surface area contributed by atoms with Gasteiger partial charge in [-0.1, -0.05) is 11.6 Å². The summed E-state index contributed by atoms with van der Waals surface area (Å²) in [6, 6.07) is 3.64. The van der Waals surface area contributed by atoms with Gasteiger partial charge in [-0.3, -0.25) is 0 Å². The monoisotopic (exact) mass is 298 g/mol. The highest BCUT2D eigenvalue weighted by Crippen LogP contribution is 2.35. The molecule has 0 saturated heterocycles. The summed E-state index contributed by atoms with van der Waals surface area (Å²) in [4.78, 5) is 5.33. The van der Waals surface area contributed by atoms with E-state index in [0.717, 1.165) is 21.9 Å². The Kier molecular flexibility index (Phi) is 4.17. The molecule has 2 aromatic rings. The van der Waals surface area contributed by atoms with Gasteiger partial charge in [-0.05, 0) is 13.0 Å². The van der Waals surface area contributed by atoms with Gasteiger partial charge in [0.15, 0.2) is 5.13 Å². The van der Waals surface area contributed by atoms with Crippen LogP contribution in [0.4, 0.5) is 5.13 Å². The number of anilines is 1. The molecular formula is C13H15ClN2O2S. The molecule has 1 heterocycles. The molecule has 0 aliphatic carbocycles. The number of nitrogen functional groups attached to an aromatic ring is 1. The highest BCUT2D eigenvalue weighted by molar-refractivity contribution is 7.15. The summed E-state index contributed by atoms with van der Waals surface area (Å²) in [5.41, 5.74) is 7.65. The number of aryl methyl sites for hydroxylation is 1. The van der Waals surface area contributed by atoms with E-state index in [0.29, 0.717) is 22.3 Å². The minimum atomic E-state index is 0.531. The van der Waals surface area contributed by atoms with Crippen molar-refractivity contribution in [2.75, 3.05) is 20.0 Å². The van der Waals surface area contributed by atoms with Crippen molar-refractivity contribution < 1.29 is 9.47 Å². The molecule has 0 aliphatic heterocycles. The Hall–Kier alpha value is -1.46. The van der Waals surface area contributed by atoms with Gasteiger partial charge in [0.25, 0.3) is 0 Å². The van der Waals surface area contributed by atoms with E-state index in [1.807, 2.05) is 13.0 Å². The van der Waals surface area contributed by atoms with Crippen LogP contribution in [0.3, 0.4) is 0 Å². The van der Waals surface area contributed by atoms with Crippen LogP contribution in [0, 0.1) is 6.92 Å². The molecule has 2 rings (SSSR count). The number of ether oxygens (including phenoxy) is 2. The fourth-order valence-electron chi connectivity index (χ4n) is 1.85. The van der Waals surface area contributed by atoms with Crippen molar-refractivity contribution in [2.45, 2.75) is 13.3 Å². The highest BCUT2D eigenvalue weighted by Gasteiger charge is 2.13. The topological polar surface area (TPSA) is 57.4 Å². The molecule has 6 heteroatoms. The molecule has 102 valence electrons. The third-order valence-electron chi connectivity index (χ3n) is 2.82. The number of aromatic nitrogens is 1. The first kappa shape index (κ1) is 14.0. The zero-order valence-corrected chi connectivity index (χ0v) is 12.6. The van der Waals surface area contributed by atoms with Crippen LogP contribution in [0.15, 0.2) is 12.1 Å². The Morgan fingerprint density at radius 2 is 1.95 bits per heavy atom. The molecule has 0 spiro atoms. The van der Waals surface area contributed by atoms with Crippen LogP contribution in [0.25, 0.3) is 0 Å². The average molecular weight is 299 g/mol. The number of halogens is 1. The molecule has 0 atom stereocenters. The lowest BCUT2D eigenvalue weighted by Gasteiger charge is -2.11. The largest absolute Gasteiger partial charge is 0.496 e. The van der Waals surface area contributed by atoms with E-state index in [-0.39, 0.29) is 0 Å². The molecule has 19 heavy (non-hydrogen) atoms. The van der Waals surface area contributed by atoms with Crippen LogP contribution in [-0.2, 0) is 6.42 Å². The fourth-order valence-corrected chi connectivity index (χ4v) is 2.94. The van der Waals surface area contributed by atoms with Crippen LogP contribution in [-0.4, -0.2) is 19.2 Å². The lowest BCUT2D eigenvalue weighted by molar-refractivity contribution is 0.400. The van der Waals surface area contributed by atoms with Gasteiger partial charge in [0, 0.05) is 22.9 Å². The molecule has 1 aromatic heterocycles. The lowest BCUT2D eigenvalue weighted by Crippen LogP contribution is -1.96. The Balaban J connectivity index is 2.40. The first-order valence-corrected chi connectivity index (χ1v) is 6.86. The summed E-state index contributed by atoms with van der Waals surface area (Å²) in [5.74, 6) is 1.37. The van der Waals surface area contributed by atoms with Gasteiger partial charge < -0.3 is 15.2 Å². The number of nitrogens with zero attached hydrogens (tertiary/aromatic N) is 1. The van der Waals surface area contributed by atoms with Gasteiger partial charge >= 0.3 is 0 Å². The number of thiazole rings is 1. The molecule has 0 bridgehead atoms. The summed E-state index contributed by atoms with van der Waals surface area (Å²) >= 11 is 7.57. The number of nitrogens with two attached hydrogens (primary N) is 1. The third-order valence-corrected chi connectivity index (χ3v) is 4.10. The van der Waals surface area contributed by atoms with Crippen molar-refractivity contribution in [3.8, 4) is 11.5 Å².